The molecule has 0 spiro atoms. The summed E-state index contributed by atoms with van der Waals surface area (Å²) in [6.45, 7) is -0.0793. The predicted molar refractivity (Wildman–Crippen MR) is 121 cm³/mol. The van der Waals surface area contributed by atoms with Gasteiger partial charge in [0.2, 0.25) is 5.69 Å². The predicted octanol–water partition coefficient (Wildman–Crippen LogP) is 4.44. The number of nitrogens with one attached hydrogen (secondary N) is 2. The number of rotatable bonds is 4. The van der Waals surface area contributed by atoms with Gasteiger partial charge < -0.3 is 14.8 Å². The lowest BCUT2D eigenvalue weighted by Gasteiger charge is -2.13. The third kappa shape index (κ3) is 3.70. The van der Waals surface area contributed by atoms with Gasteiger partial charge in [-0.2, -0.15) is 13.2 Å². The Kier molecular flexibility index (Phi) is 5.06. The number of allylic oxidation sites excluding steroid dienone is 1. The Morgan fingerprint density at radius 3 is 2.52 bits per heavy atom. The Bertz CT molecular complexity index is 1410. The molecule has 1 aliphatic heterocycles. The third-order valence-corrected chi connectivity index (χ3v) is 5.86. The summed E-state index contributed by atoms with van der Waals surface area (Å²) in [5.41, 5.74) is 5.86. The lowest BCUT2D eigenvalue weighted by molar-refractivity contribution is -0.342. The van der Waals surface area contributed by atoms with Gasteiger partial charge in [-0.25, -0.2) is 4.99 Å². The van der Waals surface area contributed by atoms with Crippen LogP contribution < -0.4 is 9.73 Å². The van der Waals surface area contributed by atoms with Crippen molar-refractivity contribution in [1.29, 1.82) is 0 Å². The van der Waals surface area contributed by atoms with E-state index < -0.39 is 11.7 Å². The van der Waals surface area contributed by atoms with Gasteiger partial charge in [-0.3, -0.25) is 0 Å². The van der Waals surface area contributed by atoms with E-state index in [9.17, 15) is 18.3 Å². The SMILES string of the molecule is COc1ccc2c(c1)[NH+]=C/C2=C(/c1ccc(C(F)(F)F)cc1)c1c[nH]c2cc(CO)ccc12. The van der Waals surface area contributed by atoms with Crippen LogP contribution in [0, 0.1) is 0 Å². The van der Waals surface area contributed by atoms with Crippen molar-refractivity contribution in [2.24, 2.45) is 0 Å². The van der Waals surface area contributed by atoms with E-state index in [1.54, 1.807) is 7.11 Å². The van der Waals surface area contributed by atoms with E-state index in [4.69, 9.17) is 4.74 Å². The molecular weight excluding hydrogens is 429 g/mol. The van der Waals surface area contributed by atoms with E-state index in [0.717, 1.165) is 56.6 Å². The number of hydrogen-bond acceptors (Lipinski definition) is 2. The van der Waals surface area contributed by atoms with E-state index in [-0.39, 0.29) is 6.61 Å². The highest BCUT2D eigenvalue weighted by Gasteiger charge is 2.31. The zero-order chi connectivity index (χ0) is 23.2. The molecule has 3 aromatic carbocycles. The summed E-state index contributed by atoms with van der Waals surface area (Å²) in [6, 6.07) is 16.5. The van der Waals surface area contributed by atoms with Crippen LogP contribution in [0.1, 0.15) is 27.8 Å². The number of aromatic amines is 1. The van der Waals surface area contributed by atoms with Gasteiger partial charge in [0.25, 0.3) is 0 Å². The summed E-state index contributed by atoms with van der Waals surface area (Å²) < 4.78 is 44.8. The van der Waals surface area contributed by atoms with Crippen LogP contribution in [0.3, 0.4) is 0 Å². The number of aliphatic hydroxyl groups excluding tert-OH is 1. The molecule has 4 aromatic rings. The molecule has 0 bridgehead atoms. The number of benzene rings is 3. The van der Waals surface area contributed by atoms with Gasteiger partial charge in [0, 0.05) is 28.2 Å². The lowest BCUT2D eigenvalue weighted by atomic mass is 9.89. The summed E-state index contributed by atoms with van der Waals surface area (Å²) in [4.78, 5) is 6.49. The standard InChI is InChI=1S/C26H19F3N2O2/c1-33-18-7-9-20-22(13-31-24(20)11-18)25(16-3-5-17(6-4-16)26(27,28)29)21-12-30-23-10-15(14-32)2-8-19(21)23/h2-13,30,32H,14H2,1H3/p+1/b25-22+. The molecule has 0 fully saturated rings. The fraction of sp³-hybridized carbons (Fsp3) is 0.115. The maximum absolute atomic E-state index is 13.2. The highest BCUT2D eigenvalue weighted by Crippen LogP contribution is 2.39. The fourth-order valence-electron chi connectivity index (χ4n) is 4.20. The maximum Gasteiger partial charge on any atom is 0.416 e. The Labute approximate surface area is 187 Å². The van der Waals surface area contributed by atoms with Gasteiger partial charge in [-0.1, -0.05) is 24.3 Å². The highest BCUT2D eigenvalue weighted by molar-refractivity contribution is 6.24. The van der Waals surface area contributed by atoms with Gasteiger partial charge in [0.15, 0.2) is 6.21 Å². The van der Waals surface area contributed by atoms with Gasteiger partial charge in [0.1, 0.15) is 5.75 Å². The van der Waals surface area contributed by atoms with Crippen LogP contribution in [0.25, 0.3) is 22.0 Å². The van der Waals surface area contributed by atoms with Gasteiger partial charge in [-0.05, 0) is 41.5 Å². The van der Waals surface area contributed by atoms with Crippen LogP contribution in [0.15, 0.2) is 66.9 Å². The molecule has 0 saturated heterocycles. The number of aromatic nitrogens is 1. The molecule has 0 radical (unpaired) electrons. The van der Waals surface area contributed by atoms with Crippen molar-refractivity contribution in [2.45, 2.75) is 12.8 Å². The molecule has 3 N–H and O–H groups in total. The fourth-order valence-corrected chi connectivity index (χ4v) is 4.20. The number of methoxy groups -OCH3 is 1. The van der Waals surface area contributed by atoms with E-state index in [1.165, 1.54) is 12.1 Å². The number of ether oxygens (including phenoxy) is 1. The first-order chi connectivity index (χ1) is 15.9. The molecule has 4 nitrogen and oxygen atoms in total. The van der Waals surface area contributed by atoms with Crippen LogP contribution >= 0.6 is 0 Å². The molecule has 1 aliphatic rings. The number of aliphatic hydroxyl groups is 1. The zero-order valence-corrected chi connectivity index (χ0v) is 17.6. The summed E-state index contributed by atoms with van der Waals surface area (Å²) in [5.74, 6) is 0.704. The second-order valence-corrected chi connectivity index (χ2v) is 7.80. The average molecular weight is 449 g/mol. The van der Waals surface area contributed by atoms with Crippen molar-refractivity contribution >= 4 is 34.0 Å². The molecule has 0 aliphatic carbocycles. The first kappa shape index (κ1) is 21.0. The number of H-pyrrole nitrogens is 1. The normalized spacial score (nSPS) is 14.6. The number of hydrogen-bond donors (Lipinski definition) is 3. The van der Waals surface area contributed by atoms with Gasteiger partial charge in [-0.15, -0.1) is 0 Å². The Morgan fingerprint density at radius 1 is 1.03 bits per heavy atom. The minimum Gasteiger partial charge on any atom is -0.497 e. The van der Waals surface area contributed by atoms with Crippen molar-refractivity contribution in [3.63, 3.8) is 0 Å². The van der Waals surface area contributed by atoms with Crippen molar-refractivity contribution < 1.29 is 28.0 Å². The first-order valence-electron chi connectivity index (χ1n) is 10.3. The Balaban J connectivity index is 1.75. The maximum atomic E-state index is 13.2. The van der Waals surface area contributed by atoms with Gasteiger partial charge in [0.05, 0.1) is 36.5 Å². The first-order valence-corrected chi connectivity index (χ1v) is 10.3. The monoisotopic (exact) mass is 449 g/mol. The van der Waals surface area contributed by atoms with Crippen LogP contribution in [0.5, 0.6) is 5.75 Å². The van der Waals surface area contributed by atoms with Crippen molar-refractivity contribution in [2.75, 3.05) is 7.11 Å². The van der Waals surface area contributed by atoms with E-state index in [1.807, 2.05) is 48.8 Å². The molecule has 0 unspecified atom stereocenters. The van der Waals surface area contributed by atoms with E-state index >= 15 is 0 Å². The summed E-state index contributed by atoms with van der Waals surface area (Å²) in [7, 11) is 1.59. The quantitative estimate of drug-likeness (QED) is 0.431. The number of halogens is 3. The summed E-state index contributed by atoms with van der Waals surface area (Å²) in [5, 5.41) is 10.4. The minimum absolute atomic E-state index is 0.0793. The average Bonchev–Trinajstić information content (AvgIpc) is 3.43. The summed E-state index contributed by atoms with van der Waals surface area (Å²) >= 11 is 0. The molecular formula is C26H20F3N2O2+. The van der Waals surface area contributed by atoms with Crippen LogP contribution in [-0.4, -0.2) is 23.4 Å². The second-order valence-electron chi connectivity index (χ2n) is 7.80. The Morgan fingerprint density at radius 2 is 1.82 bits per heavy atom. The van der Waals surface area contributed by atoms with E-state index in [2.05, 4.69) is 9.98 Å². The summed E-state index contributed by atoms with van der Waals surface area (Å²) in [6.07, 6.45) is -0.698. The van der Waals surface area contributed by atoms with Crippen LogP contribution in [0.2, 0.25) is 0 Å². The topological polar surface area (TPSA) is 59.2 Å². The molecule has 1 aromatic heterocycles. The smallest absolute Gasteiger partial charge is 0.416 e. The molecule has 7 heteroatoms. The lowest BCUT2D eigenvalue weighted by Crippen LogP contribution is -2.58. The van der Waals surface area contributed by atoms with E-state index in [0.29, 0.717) is 11.3 Å². The molecule has 0 atom stereocenters. The van der Waals surface area contributed by atoms with Crippen molar-refractivity contribution in [3.8, 4) is 5.75 Å². The second kappa shape index (κ2) is 7.94. The van der Waals surface area contributed by atoms with Gasteiger partial charge >= 0.3 is 6.18 Å². The van der Waals surface area contributed by atoms with Crippen LogP contribution in [-0.2, 0) is 12.8 Å². The molecule has 33 heavy (non-hydrogen) atoms. The third-order valence-electron chi connectivity index (χ3n) is 5.86. The zero-order valence-electron chi connectivity index (χ0n) is 17.6. The van der Waals surface area contributed by atoms with Crippen LogP contribution in [0.4, 0.5) is 18.9 Å². The van der Waals surface area contributed by atoms with Crippen molar-refractivity contribution in [3.05, 3.63) is 94.7 Å². The molecule has 166 valence electrons. The van der Waals surface area contributed by atoms with Crippen molar-refractivity contribution in [1.82, 2.24) is 4.98 Å². The minimum atomic E-state index is -4.41. The molecule has 0 saturated carbocycles. The molecule has 0 amide bonds. The highest BCUT2D eigenvalue weighted by atomic mass is 19.4. The number of alkyl halides is 3. The molecule has 2 heterocycles. The largest absolute Gasteiger partial charge is 0.497 e. The Hall–Kier alpha value is -3.84. The molecule has 5 rings (SSSR count). The number of fused-ring (bicyclic) bond motifs is 2.